The van der Waals surface area contributed by atoms with Crippen molar-refractivity contribution < 1.29 is 14.5 Å². The highest BCUT2D eigenvalue weighted by molar-refractivity contribution is 8.26. The normalized spacial score (nSPS) is 20.8. The molecule has 1 aromatic rings. The number of likely N-dealkylation sites (N-methyl/N-ethyl adjacent to an activating group) is 1. The molecule has 138 valence electrons. The Morgan fingerprint density at radius 3 is 2.77 bits per heavy atom. The second-order valence-electron chi connectivity index (χ2n) is 6.27. The van der Waals surface area contributed by atoms with Crippen molar-refractivity contribution in [3.63, 3.8) is 0 Å². The van der Waals surface area contributed by atoms with Gasteiger partial charge in [-0.2, -0.15) is 0 Å². The number of benzene rings is 1. The second-order valence-corrected chi connectivity index (χ2v) is 8.35. The molecule has 6 nitrogen and oxygen atoms in total. The second kappa shape index (κ2) is 8.49. The van der Waals surface area contributed by atoms with Gasteiger partial charge in [0.25, 0.3) is 11.8 Å². The summed E-state index contributed by atoms with van der Waals surface area (Å²) in [6.45, 7) is 3.46. The lowest BCUT2D eigenvalue weighted by Crippen LogP contribution is -3.12. The van der Waals surface area contributed by atoms with Crippen molar-refractivity contribution in [3.8, 4) is 0 Å². The zero-order chi connectivity index (χ0) is 18.7. The van der Waals surface area contributed by atoms with E-state index >= 15 is 0 Å². The number of carbonyl (C=O) groups is 2. The first-order chi connectivity index (χ1) is 12.4. The molecule has 0 aliphatic carbocycles. The average Bonchev–Trinajstić information content (AvgIpc) is 2.86. The molecule has 2 N–H and O–H groups in total. The van der Waals surface area contributed by atoms with Crippen molar-refractivity contribution in [1.82, 2.24) is 15.3 Å². The van der Waals surface area contributed by atoms with E-state index in [9.17, 15) is 9.59 Å². The van der Waals surface area contributed by atoms with E-state index in [4.69, 9.17) is 23.8 Å². The fourth-order valence-electron chi connectivity index (χ4n) is 2.73. The van der Waals surface area contributed by atoms with Gasteiger partial charge in [0.15, 0.2) is 0 Å². The van der Waals surface area contributed by atoms with Crippen LogP contribution in [0.15, 0.2) is 29.2 Å². The monoisotopic (exact) mass is 411 g/mol. The van der Waals surface area contributed by atoms with Gasteiger partial charge < -0.3 is 4.90 Å². The zero-order valence-electron chi connectivity index (χ0n) is 14.3. The lowest BCUT2D eigenvalue weighted by molar-refractivity contribution is -0.884. The van der Waals surface area contributed by atoms with Crippen LogP contribution in [0, 0.1) is 0 Å². The molecule has 0 saturated carbocycles. The van der Waals surface area contributed by atoms with Crippen molar-refractivity contribution >= 4 is 57.8 Å². The molecule has 0 radical (unpaired) electrons. The highest BCUT2D eigenvalue weighted by Crippen LogP contribution is 2.33. The molecule has 3 rings (SSSR count). The smallest absolute Gasteiger partial charge is 0.266 e. The van der Waals surface area contributed by atoms with E-state index in [1.165, 1.54) is 21.6 Å². The molecule has 0 bridgehead atoms. The van der Waals surface area contributed by atoms with Gasteiger partial charge in [-0.25, -0.2) is 5.01 Å². The van der Waals surface area contributed by atoms with Crippen molar-refractivity contribution in [3.05, 3.63) is 39.8 Å². The van der Waals surface area contributed by atoms with Crippen LogP contribution in [-0.4, -0.2) is 65.8 Å². The summed E-state index contributed by atoms with van der Waals surface area (Å²) in [6, 6.07) is 7.27. The molecule has 1 aromatic carbocycles. The molecule has 0 unspecified atom stereocenters. The van der Waals surface area contributed by atoms with Crippen LogP contribution in [0.5, 0.6) is 0 Å². The predicted molar refractivity (Wildman–Crippen MR) is 108 cm³/mol. The van der Waals surface area contributed by atoms with Gasteiger partial charge in [0, 0.05) is 5.02 Å². The SMILES string of the molecule is C[NH+]1CCN(NC(=O)CN2C(=O)/C(=C/c3ccccc3Cl)SC2=S)CC1. The summed E-state index contributed by atoms with van der Waals surface area (Å²) in [5.74, 6) is -0.502. The van der Waals surface area contributed by atoms with E-state index in [2.05, 4.69) is 12.5 Å². The van der Waals surface area contributed by atoms with Gasteiger partial charge >= 0.3 is 0 Å². The first-order valence-corrected chi connectivity index (χ1v) is 9.90. The number of hydrogen-bond acceptors (Lipinski definition) is 5. The van der Waals surface area contributed by atoms with Crippen molar-refractivity contribution in [2.24, 2.45) is 0 Å². The highest BCUT2D eigenvalue weighted by atomic mass is 35.5. The third kappa shape index (κ3) is 4.63. The van der Waals surface area contributed by atoms with E-state index < -0.39 is 0 Å². The molecule has 2 saturated heterocycles. The van der Waals surface area contributed by atoms with Crippen molar-refractivity contribution in [2.45, 2.75) is 0 Å². The summed E-state index contributed by atoms with van der Waals surface area (Å²) < 4.78 is 0.381. The molecular weight excluding hydrogens is 392 g/mol. The Bertz CT molecular complexity index is 763. The Morgan fingerprint density at radius 2 is 2.08 bits per heavy atom. The number of rotatable bonds is 4. The molecule has 2 aliphatic heterocycles. The summed E-state index contributed by atoms with van der Waals surface area (Å²) in [7, 11) is 2.13. The third-order valence-corrected chi connectivity index (χ3v) is 5.99. The maximum atomic E-state index is 12.6. The topological polar surface area (TPSA) is 57.1 Å². The zero-order valence-corrected chi connectivity index (χ0v) is 16.7. The van der Waals surface area contributed by atoms with Crippen LogP contribution in [0.2, 0.25) is 5.02 Å². The van der Waals surface area contributed by atoms with Crippen LogP contribution in [0.4, 0.5) is 0 Å². The Kier molecular flexibility index (Phi) is 6.31. The van der Waals surface area contributed by atoms with Gasteiger partial charge in [0.2, 0.25) is 0 Å². The molecule has 2 fully saturated rings. The average molecular weight is 412 g/mol. The standard InChI is InChI=1S/C17H19ClN4O2S2/c1-20-6-8-21(9-7-20)19-15(23)11-22-16(24)14(26-17(22)25)10-12-4-2-3-5-13(12)18/h2-5,10H,6-9,11H2,1H3,(H,19,23)/p+1/b14-10-. The molecule has 0 spiro atoms. The van der Waals surface area contributed by atoms with Gasteiger partial charge in [-0.1, -0.05) is 53.8 Å². The Hall–Kier alpha value is -1.45. The van der Waals surface area contributed by atoms with Crippen LogP contribution in [0.25, 0.3) is 6.08 Å². The van der Waals surface area contributed by atoms with Crippen LogP contribution in [-0.2, 0) is 9.59 Å². The van der Waals surface area contributed by atoms with Gasteiger partial charge in [-0.15, -0.1) is 0 Å². The minimum atomic E-state index is -0.266. The van der Waals surface area contributed by atoms with Crippen LogP contribution < -0.4 is 10.3 Å². The third-order valence-electron chi connectivity index (χ3n) is 4.27. The number of carbonyl (C=O) groups excluding carboxylic acids is 2. The molecule has 2 amide bonds. The van der Waals surface area contributed by atoms with Crippen molar-refractivity contribution in [1.29, 1.82) is 0 Å². The summed E-state index contributed by atoms with van der Waals surface area (Å²) in [6.07, 6.45) is 1.71. The van der Waals surface area contributed by atoms with Crippen LogP contribution >= 0.6 is 35.6 Å². The van der Waals surface area contributed by atoms with Gasteiger partial charge in [-0.3, -0.25) is 19.9 Å². The Balaban J connectivity index is 1.62. The summed E-state index contributed by atoms with van der Waals surface area (Å²) in [5.41, 5.74) is 3.61. The molecule has 0 aromatic heterocycles. The number of piperazine rings is 1. The molecule has 2 heterocycles. The summed E-state index contributed by atoms with van der Waals surface area (Å²) in [5, 5.41) is 2.46. The van der Waals surface area contributed by atoms with Gasteiger partial charge in [0.05, 0.1) is 38.1 Å². The van der Waals surface area contributed by atoms with E-state index in [-0.39, 0.29) is 18.4 Å². The number of nitrogens with one attached hydrogen (secondary N) is 2. The molecular formula is C17H20ClN4O2S2+. The lowest BCUT2D eigenvalue weighted by Gasteiger charge is -2.30. The van der Waals surface area contributed by atoms with Crippen LogP contribution in [0.1, 0.15) is 5.56 Å². The lowest BCUT2D eigenvalue weighted by atomic mass is 10.2. The van der Waals surface area contributed by atoms with E-state index in [1.807, 2.05) is 23.2 Å². The van der Waals surface area contributed by atoms with Crippen molar-refractivity contribution in [2.75, 3.05) is 39.8 Å². The van der Waals surface area contributed by atoms with E-state index in [0.29, 0.717) is 14.2 Å². The molecule has 2 aliphatic rings. The first-order valence-electron chi connectivity index (χ1n) is 8.29. The number of hydrogen-bond donors (Lipinski definition) is 2. The summed E-state index contributed by atoms with van der Waals surface area (Å²) in [4.78, 5) is 28.2. The number of thioether (sulfide) groups is 1. The Morgan fingerprint density at radius 1 is 1.38 bits per heavy atom. The van der Waals surface area contributed by atoms with E-state index in [1.54, 1.807) is 12.1 Å². The number of hydrazine groups is 1. The number of quaternary nitrogens is 1. The van der Waals surface area contributed by atoms with Gasteiger partial charge in [-0.05, 0) is 17.7 Å². The maximum absolute atomic E-state index is 12.6. The minimum Gasteiger partial charge on any atom is -0.335 e. The number of thiocarbonyl (C=S) groups is 1. The molecule has 26 heavy (non-hydrogen) atoms. The predicted octanol–water partition coefficient (Wildman–Crippen LogP) is 0.403. The largest absolute Gasteiger partial charge is 0.335 e. The molecule has 0 atom stereocenters. The van der Waals surface area contributed by atoms with E-state index in [0.717, 1.165) is 31.7 Å². The maximum Gasteiger partial charge on any atom is 0.266 e. The first kappa shape index (κ1) is 19.3. The summed E-state index contributed by atoms with van der Waals surface area (Å²) >= 11 is 12.6. The number of nitrogens with zero attached hydrogens (tertiary/aromatic N) is 2. The fourth-order valence-corrected chi connectivity index (χ4v) is 4.16. The molecule has 9 heteroatoms. The van der Waals surface area contributed by atoms with Gasteiger partial charge in [0.1, 0.15) is 10.9 Å². The Labute approximate surface area is 167 Å². The number of amides is 2. The number of halogens is 1. The fraction of sp³-hybridized carbons (Fsp3) is 0.353. The quantitative estimate of drug-likeness (QED) is 0.555. The minimum absolute atomic E-state index is 0.0796. The van der Waals surface area contributed by atoms with Crippen LogP contribution in [0.3, 0.4) is 0 Å². The highest BCUT2D eigenvalue weighted by Gasteiger charge is 2.34.